The monoisotopic (exact) mass is 540 g/mol. The van der Waals surface area contributed by atoms with Crippen molar-refractivity contribution in [3.63, 3.8) is 0 Å². The second-order valence-corrected chi connectivity index (χ2v) is 13.9. The summed E-state index contributed by atoms with van der Waals surface area (Å²) >= 11 is 1.56. The fourth-order valence-corrected chi connectivity index (χ4v) is 8.13. The van der Waals surface area contributed by atoms with E-state index in [0.717, 1.165) is 69.9 Å². The Hall–Kier alpha value is -2.22. The van der Waals surface area contributed by atoms with E-state index in [0.29, 0.717) is 28.2 Å². The average Bonchev–Trinajstić information content (AvgIpc) is 3.60. The van der Waals surface area contributed by atoms with E-state index in [1.165, 1.54) is 24.8 Å². The summed E-state index contributed by atoms with van der Waals surface area (Å²) in [4.78, 5) is 31.3. The number of amides is 1. The van der Waals surface area contributed by atoms with Crippen LogP contribution in [0.3, 0.4) is 0 Å². The molecule has 0 radical (unpaired) electrons. The number of carbonyl (C=O) groups excluding carboxylic acids is 2. The van der Waals surface area contributed by atoms with E-state index in [-0.39, 0.29) is 23.8 Å². The highest BCUT2D eigenvalue weighted by Gasteiger charge is 2.39. The van der Waals surface area contributed by atoms with Gasteiger partial charge in [0.1, 0.15) is 4.88 Å². The van der Waals surface area contributed by atoms with Crippen LogP contribution in [0.2, 0.25) is 0 Å². The van der Waals surface area contributed by atoms with E-state index in [9.17, 15) is 9.59 Å². The van der Waals surface area contributed by atoms with Gasteiger partial charge in [0.15, 0.2) is 0 Å². The molecule has 0 aliphatic heterocycles. The lowest BCUT2D eigenvalue weighted by Gasteiger charge is -2.39. The quantitative estimate of drug-likeness (QED) is 0.364. The number of hydrogen-bond donors (Lipinski definition) is 0. The van der Waals surface area contributed by atoms with Gasteiger partial charge in [-0.05, 0) is 100 Å². The van der Waals surface area contributed by atoms with Crippen LogP contribution in [0.25, 0.3) is 0 Å². The van der Waals surface area contributed by atoms with Crippen molar-refractivity contribution in [1.82, 2.24) is 15.0 Å². The van der Waals surface area contributed by atoms with Crippen LogP contribution in [-0.4, -0.2) is 40.0 Å². The van der Waals surface area contributed by atoms with Crippen molar-refractivity contribution in [2.45, 2.75) is 116 Å². The Labute approximate surface area is 231 Å². The van der Waals surface area contributed by atoms with Crippen LogP contribution in [0.4, 0.5) is 5.69 Å². The van der Waals surface area contributed by atoms with Gasteiger partial charge in [0.25, 0.3) is 0 Å². The highest BCUT2D eigenvalue weighted by atomic mass is 32.1. The zero-order valence-corrected chi connectivity index (χ0v) is 24.3. The third kappa shape index (κ3) is 5.85. The summed E-state index contributed by atoms with van der Waals surface area (Å²) in [7, 11) is 1.45. The van der Waals surface area contributed by atoms with Crippen molar-refractivity contribution in [2.24, 2.45) is 17.3 Å². The molecule has 0 aromatic carbocycles. The van der Waals surface area contributed by atoms with E-state index in [1.54, 1.807) is 17.5 Å². The first kappa shape index (κ1) is 27.4. The van der Waals surface area contributed by atoms with Gasteiger partial charge in [-0.3, -0.25) is 4.79 Å². The second kappa shape index (κ2) is 11.5. The highest BCUT2D eigenvalue weighted by Crippen LogP contribution is 2.47. The van der Waals surface area contributed by atoms with E-state index in [1.807, 2.05) is 10.9 Å². The van der Waals surface area contributed by atoms with Crippen LogP contribution >= 0.6 is 11.3 Å². The summed E-state index contributed by atoms with van der Waals surface area (Å²) in [6.07, 6.45) is 16.0. The maximum Gasteiger partial charge on any atom is 0.350 e. The Bertz CT molecular complexity index is 1080. The molecule has 3 saturated carbocycles. The van der Waals surface area contributed by atoms with E-state index < -0.39 is 0 Å². The van der Waals surface area contributed by atoms with Gasteiger partial charge in [0, 0.05) is 23.0 Å². The molecule has 1 amide bonds. The molecule has 38 heavy (non-hydrogen) atoms. The summed E-state index contributed by atoms with van der Waals surface area (Å²) in [5, 5.41) is 8.21. The Balaban J connectivity index is 1.45. The van der Waals surface area contributed by atoms with Crippen LogP contribution in [0, 0.1) is 17.3 Å². The van der Waals surface area contributed by atoms with Crippen molar-refractivity contribution in [1.29, 1.82) is 0 Å². The average molecular weight is 541 g/mol. The molecule has 3 fully saturated rings. The Morgan fingerprint density at radius 1 is 1.03 bits per heavy atom. The molecule has 0 N–H and O–H groups in total. The van der Waals surface area contributed by atoms with Crippen LogP contribution < -0.4 is 4.90 Å². The number of anilines is 1. The molecule has 7 nitrogen and oxygen atoms in total. The lowest BCUT2D eigenvalue weighted by molar-refractivity contribution is -0.124. The smallest absolute Gasteiger partial charge is 0.350 e. The number of hydrogen-bond acceptors (Lipinski definition) is 6. The highest BCUT2D eigenvalue weighted by molar-refractivity contribution is 7.14. The minimum Gasteiger partial charge on any atom is -0.465 e. The number of thiophene rings is 1. The first-order valence-corrected chi connectivity index (χ1v) is 15.5. The molecule has 3 aliphatic carbocycles. The third-order valence-corrected chi connectivity index (χ3v) is 10.8. The lowest BCUT2D eigenvalue weighted by Crippen LogP contribution is -2.46. The minimum absolute atomic E-state index is 0.0311. The van der Waals surface area contributed by atoms with Crippen molar-refractivity contribution in [3.8, 4) is 0 Å². The normalized spacial score (nSPS) is 28.1. The van der Waals surface area contributed by atoms with Crippen LogP contribution in [0.1, 0.15) is 124 Å². The second-order valence-electron chi connectivity index (χ2n) is 12.8. The zero-order chi connectivity index (χ0) is 26.9. The topological polar surface area (TPSA) is 77.3 Å². The Morgan fingerprint density at radius 3 is 2.32 bits per heavy atom. The summed E-state index contributed by atoms with van der Waals surface area (Å²) in [6.45, 7) is 6.99. The predicted octanol–water partition coefficient (Wildman–Crippen LogP) is 7.15. The predicted molar refractivity (Wildman–Crippen MR) is 151 cm³/mol. The van der Waals surface area contributed by atoms with E-state index in [2.05, 4.69) is 42.0 Å². The zero-order valence-electron chi connectivity index (χ0n) is 23.5. The first-order valence-electron chi connectivity index (χ1n) is 14.7. The molecule has 2 aromatic rings. The van der Waals surface area contributed by atoms with Gasteiger partial charge in [-0.2, -0.15) is 0 Å². The van der Waals surface area contributed by atoms with E-state index >= 15 is 0 Å². The minimum atomic E-state index is -0.321. The van der Waals surface area contributed by atoms with Gasteiger partial charge >= 0.3 is 5.97 Å². The molecular weight excluding hydrogens is 496 g/mol. The maximum atomic E-state index is 14.3. The van der Waals surface area contributed by atoms with Gasteiger partial charge in [-0.15, -0.1) is 16.4 Å². The maximum absolute atomic E-state index is 14.3. The van der Waals surface area contributed by atoms with Crippen molar-refractivity contribution >= 4 is 28.9 Å². The molecule has 0 bridgehead atoms. The van der Waals surface area contributed by atoms with Gasteiger partial charge in [0.05, 0.1) is 25.0 Å². The fourth-order valence-electron chi connectivity index (χ4n) is 6.89. The van der Waals surface area contributed by atoms with Gasteiger partial charge < -0.3 is 9.64 Å². The van der Waals surface area contributed by atoms with Crippen molar-refractivity contribution in [3.05, 3.63) is 28.2 Å². The summed E-state index contributed by atoms with van der Waals surface area (Å²) in [5.41, 5.74) is 1.18. The molecule has 0 atom stereocenters. The first-order chi connectivity index (χ1) is 18.3. The summed E-state index contributed by atoms with van der Waals surface area (Å²) in [6, 6.07) is 2.58. The van der Waals surface area contributed by atoms with Gasteiger partial charge in [0.2, 0.25) is 5.91 Å². The Morgan fingerprint density at radius 2 is 1.71 bits per heavy atom. The molecule has 0 unspecified atom stereocenters. The molecule has 2 aromatic heterocycles. The SMILES string of the molecule is COC(=O)c1sc(C2CCC(C)(C)CC2)cc1N(C(=O)C1CCC(C)CC1)C1CCC(n2ccnn2)CC1. The summed E-state index contributed by atoms with van der Waals surface area (Å²) in [5.74, 6) is 1.04. The van der Waals surface area contributed by atoms with Crippen molar-refractivity contribution < 1.29 is 14.3 Å². The molecule has 5 rings (SSSR count). The number of rotatable bonds is 6. The number of carbonyl (C=O) groups is 2. The van der Waals surface area contributed by atoms with Crippen LogP contribution in [0.5, 0.6) is 0 Å². The number of nitrogens with zero attached hydrogens (tertiary/aromatic N) is 4. The van der Waals surface area contributed by atoms with Gasteiger partial charge in [-0.25, -0.2) is 9.48 Å². The summed E-state index contributed by atoms with van der Waals surface area (Å²) < 4.78 is 7.22. The number of ether oxygens (including phenoxy) is 1. The van der Waals surface area contributed by atoms with Crippen molar-refractivity contribution in [2.75, 3.05) is 12.0 Å². The molecule has 0 spiro atoms. The number of esters is 1. The number of aromatic nitrogens is 3. The largest absolute Gasteiger partial charge is 0.465 e. The van der Waals surface area contributed by atoms with Crippen LogP contribution in [-0.2, 0) is 9.53 Å². The molecule has 208 valence electrons. The number of methoxy groups -OCH3 is 1. The van der Waals surface area contributed by atoms with Crippen LogP contribution in [0.15, 0.2) is 18.5 Å². The molecular formula is C30H44N4O3S. The molecule has 0 saturated heterocycles. The standard InChI is InChI=1S/C30H44N4O3S/c1-20-5-7-22(8-6-20)28(35)34(24-11-9-23(10-12-24)33-18-17-31-32-33)25-19-26(38-27(25)29(36)37-4)21-13-15-30(2,3)16-14-21/h17-24H,5-16H2,1-4H3. The fraction of sp³-hybridized carbons (Fsp3) is 0.733. The Kier molecular flexibility index (Phi) is 8.27. The molecule has 8 heteroatoms. The third-order valence-electron chi connectivity index (χ3n) is 9.55. The van der Waals surface area contributed by atoms with Gasteiger partial charge in [-0.1, -0.05) is 26.0 Å². The molecule has 3 aliphatic rings. The lowest BCUT2D eigenvalue weighted by atomic mass is 9.73. The van der Waals surface area contributed by atoms with E-state index in [4.69, 9.17) is 4.74 Å². The molecule has 2 heterocycles.